The van der Waals surface area contributed by atoms with Crippen LogP contribution in [-0.4, -0.2) is 9.97 Å². The number of hydrogen-bond acceptors (Lipinski definition) is 2. The molecule has 0 radical (unpaired) electrons. The van der Waals surface area contributed by atoms with Crippen LogP contribution in [0.2, 0.25) is 0 Å². The third-order valence-electron chi connectivity index (χ3n) is 2.96. The molecular formula is C14H13F3N2O. The van der Waals surface area contributed by atoms with Crippen LogP contribution in [0.4, 0.5) is 13.2 Å². The zero-order chi connectivity index (χ0) is 14.9. The molecule has 1 aromatic carbocycles. The highest BCUT2D eigenvalue weighted by molar-refractivity contribution is 5.63. The summed E-state index contributed by atoms with van der Waals surface area (Å²) < 4.78 is 37.8. The molecule has 0 saturated heterocycles. The summed E-state index contributed by atoms with van der Waals surface area (Å²) in [4.78, 5) is 18.3. The van der Waals surface area contributed by atoms with Crippen LogP contribution in [0.1, 0.15) is 23.9 Å². The highest BCUT2D eigenvalue weighted by Gasteiger charge is 2.30. The highest BCUT2D eigenvalue weighted by atomic mass is 19.4. The molecule has 0 aliphatic heterocycles. The molecular weight excluding hydrogens is 269 g/mol. The monoisotopic (exact) mass is 282 g/mol. The van der Waals surface area contributed by atoms with E-state index >= 15 is 0 Å². The van der Waals surface area contributed by atoms with Gasteiger partial charge >= 0.3 is 6.18 Å². The molecule has 3 nitrogen and oxygen atoms in total. The van der Waals surface area contributed by atoms with Crippen molar-refractivity contribution in [3.63, 3.8) is 0 Å². The minimum atomic E-state index is -4.38. The van der Waals surface area contributed by atoms with Crippen molar-refractivity contribution in [1.82, 2.24) is 9.97 Å². The van der Waals surface area contributed by atoms with Crippen LogP contribution in [-0.2, 0) is 12.6 Å². The molecule has 20 heavy (non-hydrogen) atoms. The molecule has 1 N–H and O–H groups in total. The summed E-state index contributed by atoms with van der Waals surface area (Å²) in [5.74, 6) is 0.506. The van der Waals surface area contributed by atoms with Gasteiger partial charge in [0.25, 0.3) is 5.56 Å². The maximum Gasteiger partial charge on any atom is 0.416 e. The van der Waals surface area contributed by atoms with Crippen LogP contribution >= 0.6 is 0 Å². The topological polar surface area (TPSA) is 45.8 Å². The second-order valence-electron chi connectivity index (χ2n) is 4.46. The maximum atomic E-state index is 12.6. The fraction of sp³-hybridized carbons (Fsp3) is 0.286. The maximum absolute atomic E-state index is 12.6. The molecule has 0 saturated carbocycles. The lowest BCUT2D eigenvalue weighted by molar-refractivity contribution is -0.137. The second-order valence-corrected chi connectivity index (χ2v) is 4.46. The number of H-pyrrole nitrogens is 1. The van der Waals surface area contributed by atoms with Crippen LogP contribution in [0.5, 0.6) is 0 Å². The normalized spacial score (nSPS) is 11.7. The Labute approximate surface area is 113 Å². The molecule has 1 aromatic heterocycles. The van der Waals surface area contributed by atoms with E-state index in [2.05, 4.69) is 9.97 Å². The van der Waals surface area contributed by atoms with E-state index in [1.807, 2.05) is 6.92 Å². The summed E-state index contributed by atoms with van der Waals surface area (Å²) in [5, 5.41) is 0. The zero-order valence-electron chi connectivity index (χ0n) is 11.0. The van der Waals surface area contributed by atoms with Gasteiger partial charge in [0.2, 0.25) is 0 Å². The summed E-state index contributed by atoms with van der Waals surface area (Å²) >= 11 is 0. The lowest BCUT2D eigenvalue weighted by Gasteiger charge is -2.11. The summed E-state index contributed by atoms with van der Waals surface area (Å²) in [6.45, 7) is 3.40. The first-order chi connectivity index (χ1) is 9.31. The van der Waals surface area contributed by atoms with E-state index in [9.17, 15) is 18.0 Å². The van der Waals surface area contributed by atoms with E-state index in [0.29, 0.717) is 29.1 Å². The fourth-order valence-electron chi connectivity index (χ4n) is 1.94. The Hall–Kier alpha value is -2.11. The first-order valence-electron chi connectivity index (χ1n) is 6.09. The van der Waals surface area contributed by atoms with Gasteiger partial charge < -0.3 is 4.98 Å². The van der Waals surface area contributed by atoms with E-state index in [4.69, 9.17) is 0 Å². The van der Waals surface area contributed by atoms with Crippen LogP contribution in [0.25, 0.3) is 11.3 Å². The predicted molar refractivity (Wildman–Crippen MR) is 69.4 cm³/mol. The highest BCUT2D eigenvalue weighted by Crippen LogP contribution is 2.32. The average Bonchev–Trinajstić information content (AvgIpc) is 2.36. The summed E-state index contributed by atoms with van der Waals surface area (Å²) in [5.41, 5.74) is 0.320. The smallest absolute Gasteiger partial charge is 0.311 e. The third kappa shape index (κ3) is 2.89. The van der Waals surface area contributed by atoms with Gasteiger partial charge in [-0.1, -0.05) is 13.0 Å². The molecule has 1 heterocycles. The van der Waals surface area contributed by atoms with Crippen LogP contribution < -0.4 is 5.56 Å². The standard InChI is InChI=1S/C14H13F3N2O/c1-3-12-18-11(7-13(20)19-12)10-5-4-9(6-8(10)2)14(15,16)17/h4-7H,3H2,1-2H3,(H,18,19,20). The number of benzene rings is 1. The van der Waals surface area contributed by atoms with E-state index < -0.39 is 11.7 Å². The van der Waals surface area contributed by atoms with Crippen molar-refractivity contribution >= 4 is 0 Å². The number of nitrogens with one attached hydrogen (secondary N) is 1. The van der Waals surface area contributed by atoms with Crippen LogP contribution in [0.15, 0.2) is 29.1 Å². The first kappa shape index (κ1) is 14.3. The fourth-order valence-corrected chi connectivity index (χ4v) is 1.94. The molecule has 0 amide bonds. The van der Waals surface area contributed by atoms with Crippen LogP contribution in [0, 0.1) is 6.92 Å². The molecule has 0 unspecified atom stereocenters. The minimum Gasteiger partial charge on any atom is -0.311 e. The molecule has 0 fully saturated rings. The molecule has 2 aromatic rings. The van der Waals surface area contributed by atoms with Crippen molar-refractivity contribution in [3.05, 3.63) is 51.6 Å². The van der Waals surface area contributed by atoms with Gasteiger partial charge in [-0.2, -0.15) is 13.2 Å². The SMILES string of the molecule is CCc1nc(-c2ccc(C(F)(F)F)cc2C)cc(=O)[nH]1. The largest absolute Gasteiger partial charge is 0.416 e. The quantitative estimate of drug-likeness (QED) is 0.918. The van der Waals surface area contributed by atoms with E-state index in [-0.39, 0.29) is 5.56 Å². The summed E-state index contributed by atoms with van der Waals surface area (Å²) in [6.07, 6.45) is -3.83. The predicted octanol–water partition coefficient (Wildman–Crippen LogP) is 3.33. The van der Waals surface area contributed by atoms with Gasteiger partial charge in [-0.05, 0) is 24.6 Å². The Morgan fingerprint density at radius 3 is 2.50 bits per heavy atom. The van der Waals surface area contributed by atoms with Crippen molar-refractivity contribution in [1.29, 1.82) is 0 Å². The van der Waals surface area contributed by atoms with E-state index in [0.717, 1.165) is 12.1 Å². The number of halogens is 3. The Balaban J connectivity index is 2.54. The number of aromatic nitrogens is 2. The van der Waals surface area contributed by atoms with Gasteiger partial charge in [0.15, 0.2) is 0 Å². The number of alkyl halides is 3. The number of aromatic amines is 1. The van der Waals surface area contributed by atoms with Gasteiger partial charge in [-0.15, -0.1) is 0 Å². The lowest BCUT2D eigenvalue weighted by Crippen LogP contribution is -2.11. The van der Waals surface area contributed by atoms with Gasteiger partial charge in [0, 0.05) is 18.1 Å². The van der Waals surface area contributed by atoms with Gasteiger partial charge in [0.05, 0.1) is 11.3 Å². The van der Waals surface area contributed by atoms with Gasteiger partial charge in [-0.25, -0.2) is 4.98 Å². The Morgan fingerprint density at radius 2 is 1.95 bits per heavy atom. The second kappa shape index (κ2) is 5.11. The van der Waals surface area contributed by atoms with Gasteiger partial charge in [-0.3, -0.25) is 4.79 Å². The van der Waals surface area contributed by atoms with E-state index in [1.54, 1.807) is 6.92 Å². The number of rotatable bonds is 2. The number of aryl methyl sites for hydroxylation is 2. The van der Waals surface area contributed by atoms with Crippen molar-refractivity contribution in [2.75, 3.05) is 0 Å². The van der Waals surface area contributed by atoms with Crippen molar-refractivity contribution in [2.24, 2.45) is 0 Å². The summed E-state index contributed by atoms with van der Waals surface area (Å²) in [7, 11) is 0. The lowest BCUT2D eigenvalue weighted by atomic mass is 10.0. The third-order valence-corrected chi connectivity index (χ3v) is 2.96. The zero-order valence-corrected chi connectivity index (χ0v) is 11.0. The molecule has 6 heteroatoms. The van der Waals surface area contributed by atoms with Crippen molar-refractivity contribution in [2.45, 2.75) is 26.4 Å². The first-order valence-corrected chi connectivity index (χ1v) is 6.09. The molecule has 106 valence electrons. The van der Waals surface area contributed by atoms with E-state index in [1.165, 1.54) is 12.1 Å². The Bertz CT molecular complexity index is 690. The molecule has 0 spiro atoms. The van der Waals surface area contributed by atoms with Crippen molar-refractivity contribution < 1.29 is 13.2 Å². The Morgan fingerprint density at radius 1 is 1.25 bits per heavy atom. The minimum absolute atomic E-state index is 0.314. The average molecular weight is 282 g/mol. The molecule has 0 aliphatic carbocycles. The Kier molecular flexibility index (Phi) is 3.65. The molecule has 0 bridgehead atoms. The van der Waals surface area contributed by atoms with Gasteiger partial charge in [0.1, 0.15) is 5.82 Å². The van der Waals surface area contributed by atoms with Crippen LogP contribution in [0.3, 0.4) is 0 Å². The molecule has 2 rings (SSSR count). The molecule has 0 aliphatic rings. The number of nitrogens with zero attached hydrogens (tertiary/aromatic N) is 1. The summed E-state index contributed by atoms with van der Waals surface area (Å²) in [6, 6.07) is 4.69. The van der Waals surface area contributed by atoms with Crippen molar-refractivity contribution in [3.8, 4) is 11.3 Å². The molecule has 0 atom stereocenters. The number of hydrogen-bond donors (Lipinski definition) is 1.